The number of hydrogen-bond acceptors (Lipinski definition) is 2. The molecule has 0 aliphatic carbocycles. The van der Waals surface area contributed by atoms with Crippen molar-refractivity contribution in [1.29, 1.82) is 0 Å². The van der Waals surface area contributed by atoms with Gasteiger partial charge in [-0.15, -0.1) is 0 Å². The molecule has 0 atom stereocenters. The van der Waals surface area contributed by atoms with Gasteiger partial charge in [0.05, 0.1) is 0 Å². The van der Waals surface area contributed by atoms with Crippen molar-refractivity contribution in [3.05, 3.63) is 47.8 Å². The Morgan fingerprint density at radius 1 is 1.12 bits per heavy atom. The molecule has 0 N–H and O–H groups in total. The highest BCUT2D eigenvalue weighted by molar-refractivity contribution is 5.78. The Balaban J connectivity index is 2.14. The van der Waals surface area contributed by atoms with Gasteiger partial charge >= 0.3 is 0 Å². The molecule has 0 fully saturated rings. The van der Waals surface area contributed by atoms with E-state index in [0.29, 0.717) is 6.54 Å². The summed E-state index contributed by atoms with van der Waals surface area (Å²) in [6.45, 7) is 0.369. The molecule has 0 bridgehead atoms. The van der Waals surface area contributed by atoms with Crippen molar-refractivity contribution >= 4 is 18.1 Å². The molecule has 0 radical (unpaired) electrons. The summed E-state index contributed by atoms with van der Waals surface area (Å²) in [6.07, 6.45) is 7.92. The number of likely N-dealkylation sites (N-methyl/N-ethyl adjacent to an activating group) is 1. The number of hydrogen-bond donors (Lipinski definition) is 0. The fourth-order valence-electron chi connectivity index (χ4n) is 1.62. The van der Waals surface area contributed by atoms with Crippen LogP contribution in [-0.2, 0) is 4.79 Å². The number of nitrogens with zero attached hydrogens (tertiary/aromatic N) is 2. The predicted molar refractivity (Wildman–Crippen MR) is 69.9 cm³/mol. The summed E-state index contributed by atoms with van der Waals surface area (Å²) in [5.74, 6) is 0.0882. The van der Waals surface area contributed by atoms with Gasteiger partial charge in [-0.05, 0) is 23.3 Å². The summed E-state index contributed by atoms with van der Waals surface area (Å²) >= 11 is 0. The quantitative estimate of drug-likeness (QED) is 0.773. The average Bonchev–Trinajstić information content (AvgIpc) is 2.52. The second-order valence-corrected chi connectivity index (χ2v) is 4.22. The Morgan fingerprint density at radius 2 is 1.65 bits per heavy atom. The van der Waals surface area contributed by atoms with E-state index in [1.165, 1.54) is 11.1 Å². The molecule has 88 valence electrons. The van der Waals surface area contributed by atoms with Crippen molar-refractivity contribution in [3.63, 3.8) is 0 Å². The first-order valence-electron chi connectivity index (χ1n) is 5.58. The van der Waals surface area contributed by atoms with Gasteiger partial charge in [-0.2, -0.15) is 0 Å². The maximum atomic E-state index is 11.6. The topological polar surface area (TPSA) is 23.6 Å². The van der Waals surface area contributed by atoms with Crippen LogP contribution in [0.5, 0.6) is 0 Å². The lowest BCUT2D eigenvalue weighted by Crippen LogP contribution is -2.31. The minimum absolute atomic E-state index is 0.0882. The molecular weight excluding hydrogens is 212 g/mol. The molecule has 1 aromatic carbocycles. The van der Waals surface area contributed by atoms with Gasteiger partial charge in [0.2, 0.25) is 5.91 Å². The summed E-state index contributed by atoms with van der Waals surface area (Å²) in [5, 5.41) is 0. The van der Waals surface area contributed by atoms with Gasteiger partial charge in [0, 0.05) is 26.5 Å². The maximum Gasteiger partial charge on any atom is 0.241 e. The third-order valence-electron chi connectivity index (χ3n) is 2.70. The highest BCUT2D eigenvalue weighted by Gasteiger charge is 2.08. The molecule has 0 aromatic heterocycles. The van der Waals surface area contributed by atoms with Crippen molar-refractivity contribution in [3.8, 4) is 0 Å². The Labute approximate surface area is 102 Å². The van der Waals surface area contributed by atoms with Crippen LogP contribution in [0.15, 0.2) is 36.7 Å². The first-order chi connectivity index (χ1) is 8.16. The number of rotatable bonds is 2. The van der Waals surface area contributed by atoms with Crippen LogP contribution in [0.3, 0.4) is 0 Å². The van der Waals surface area contributed by atoms with Crippen molar-refractivity contribution in [1.82, 2.24) is 9.80 Å². The number of benzene rings is 1. The minimum Gasteiger partial charge on any atom is -0.347 e. The zero-order chi connectivity index (χ0) is 12.3. The van der Waals surface area contributed by atoms with Crippen molar-refractivity contribution in [2.24, 2.45) is 0 Å². The molecule has 0 saturated heterocycles. The summed E-state index contributed by atoms with van der Waals surface area (Å²) < 4.78 is 0. The molecule has 1 aromatic rings. The van der Waals surface area contributed by atoms with E-state index < -0.39 is 0 Å². The normalized spacial score (nSPS) is 13.2. The van der Waals surface area contributed by atoms with Gasteiger partial charge in [0.25, 0.3) is 0 Å². The number of carbonyl (C=O) groups is 1. The standard InChI is InChI=1S/C14H16N2O/c1-15(2)14(17)11-16-9-7-12-5-3-4-6-13(12)8-10-16/h3-10H,11H2,1-2H3. The summed E-state index contributed by atoms with van der Waals surface area (Å²) in [5.41, 5.74) is 2.34. The number of carbonyl (C=O) groups excluding carboxylic acids is 1. The zero-order valence-corrected chi connectivity index (χ0v) is 10.1. The smallest absolute Gasteiger partial charge is 0.241 e. The lowest BCUT2D eigenvalue weighted by molar-refractivity contribution is -0.128. The molecule has 2 rings (SSSR count). The lowest BCUT2D eigenvalue weighted by atomic mass is 10.1. The third kappa shape index (κ3) is 2.75. The van der Waals surface area contributed by atoms with Gasteiger partial charge < -0.3 is 9.80 Å². The largest absolute Gasteiger partial charge is 0.347 e. The van der Waals surface area contributed by atoms with Crippen LogP contribution >= 0.6 is 0 Å². The van der Waals surface area contributed by atoms with E-state index in [-0.39, 0.29) is 5.91 Å². The molecule has 0 spiro atoms. The van der Waals surface area contributed by atoms with Crippen LogP contribution in [0.1, 0.15) is 11.1 Å². The van der Waals surface area contributed by atoms with Gasteiger partial charge in [-0.1, -0.05) is 24.3 Å². The Bertz CT molecular complexity index is 442. The summed E-state index contributed by atoms with van der Waals surface area (Å²) in [7, 11) is 3.53. The Hall–Kier alpha value is -2.03. The first-order valence-corrected chi connectivity index (χ1v) is 5.58. The van der Waals surface area contributed by atoms with E-state index >= 15 is 0 Å². The van der Waals surface area contributed by atoms with Gasteiger partial charge in [-0.25, -0.2) is 0 Å². The van der Waals surface area contributed by atoms with E-state index in [2.05, 4.69) is 12.1 Å². The molecule has 3 heteroatoms. The SMILES string of the molecule is CN(C)C(=O)CN1C=Cc2ccccc2C=C1. The minimum atomic E-state index is 0.0882. The van der Waals surface area contributed by atoms with Crippen LogP contribution in [0, 0.1) is 0 Å². The predicted octanol–water partition coefficient (Wildman–Crippen LogP) is 2.03. The van der Waals surface area contributed by atoms with Gasteiger partial charge in [-0.3, -0.25) is 4.79 Å². The monoisotopic (exact) mass is 228 g/mol. The van der Waals surface area contributed by atoms with Crippen molar-refractivity contribution in [2.45, 2.75) is 0 Å². The molecule has 0 saturated carbocycles. The molecule has 0 unspecified atom stereocenters. The molecule has 17 heavy (non-hydrogen) atoms. The first kappa shape index (κ1) is 11.5. The third-order valence-corrected chi connectivity index (χ3v) is 2.70. The fourth-order valence-corrected chi connectivity index (χ4v) is 1.62. The van der Waals surface area contributed by atoms with E-state index in [4.69, 9.17) is 0 Å². The second-order valence-electron chi connectivity index (χ2n) is 4.22. The molecule has 1 aliphatic rings. The molecule has 1 aliphatic heterocycles. The Kier molecular flexibility index (Phi) is 3.28. The van der Waals surface area contributed by atoms with Crippen LogP contribution in [0.4, 0.5) is 0 Å². The molecule has 3 nitrogen and oxygen atoms in total. The van der Waals surface area contributed by atoms with Crippen LogP contribution in [0.2, 0.25) is 0 Å². The summed E-state index contributed by atoms with van der Waals surface area (Å²) in [6, 6.07) is 8.15. The average molecular weight is 228 g/mol. The summed E-state index contributed by atoms with van der Waals surface area (Å²) in [4.78, 5) is 15.1. The van der Waals surface area contributed by atoms with Crippen molar-refractivity contribution < 1.29 is 4.79 Å². The fraction of sp³-hybridized carbons (Fsp3) is 0.214. The second kappa shape index (κ2) is 4.87. The van der Waals surface area contributed by atoms with E-state index in [0.717, 1.165) is 0 Å². The van der Waals surface area contributed by atoms with Gasteiger partial charge in [0.15, 0.2) is 0 Å². The molecule has 1 amide bonds. The highest BCUT2D eigenvalue weighted by Crippen LogP contribution is 2.16. The van der Waals surface area contributed by atoms with Gasteiger partial charge in [0.1, 0.15) is 6.54 Å². The highest BCUT2D eigenvalue weighted by atomic mass is 16.2. The Morgan fingerprint density at radius 3 is 2.12 bits per heavy atom. The molecular formula is C14H16N2O. The maximum absolute atomic E-state index is 11.6. The zero-order valence-electron chi connectivity index (χ0n) is 10.1. The lowest BCUT2D eigenvalue weighted by Gasteiger charge is -2.17. The van der Waals surface area contributed by atoms with E-state index in [9.17, 15) is 4.79 Å². The van der Waals surface area contributed by atoms with Crippen LogP contribution in [0.25, 0.3) is 12.2 Å². The van der Waals surface area contributed by atoms with E-state index in [1.54, 1.807) is 19.0 Å². The van der Waals surface area contributed by atoms with Crippen LogP contribution in [-0.4, -0.2) is 36.3 Å². The molecule has 1 heterocycles. The van der Waals surface area contributed by atoms with Crippen LogP contribution < -0.4 is 0 Å². The van der Waals surface area contributed by atoms with Crippen molar-refractivity contribution in [2.75, 3.05) is 20.6 Å². The number of amides is 1. The van der Waals surface area contributed by atoms with E-state index in [1.807, 2.05) is 41.6 Å². The number of fused-ring (bicyclic) bond motifs is 1.